The Morgan fingerprint density at radius 1 is 0.950 bits per heavy atom. The van der Waals surface area contributed by atoms with Crippen molar-refractivity contribution < 1.29 is 22.7 Å². The van der Waals surface area contributed by atoms with Gasteiger partial charge in [0.2, 0.25) is 0 Å². The third-order valence-corrected chi connectivity index (χ3v) is 2.72. The fourth-order valence-corrected chi connectivity index (χ4v) is 1.59. The predicted molar refractivity (Wildman–Crippen MR) is 67.9 cm³/mol. The minimum atomic E-state index is -4.43. The Bertz CT molecular complexity index is 604. The molecule has 0 radical (unpaired) electrons. The van der Waals surface area contributed by atoms with Crippen LogP contribution in [0.5, 0.6) is 5.75 Å². The van der Waals surface area contributed by atoms with Gasteiger partial charge in [0.25, 0.3) is 0 Å². The van der Waals surface area contributed by atoms with Gasteiger partial charge in [0.1, 0.15) is 5.75 Å². The van der Waals surface area contributed by atoms with Crippen molar-refractivity contribution in [2.75, 3.05) is 0 Å². The lowest BCUT2D eigenvalue weighted by Crippen LogP contribution is -2.10. The Hall–Kier alpha value is -2.01. The fraction of sp³-hybridized carbons (Fsp3) is 0.0714. The van der Waals surface area contributed by atoms with Crippen LogP contribution in [0, 0.1) is 0 Å². The van der Waals surface area contributed by atoms with Gasteiger partial charge in [-0.1, -0.05) is 11.6 Å². The smallest absolute Gasteiger partial charge is 0.416 e. The quantitative estimate of drug-likeness (QED) is 0.599. The third-order valence-electron chi connectivity index (χ3n) is 2.47. The zero-order valence-corrected chi connectivity index (χ0v) is 10.7. The second-order valence-electron chi connectivity index (χ2n) is 3.92. The summed E-state index contributed by atoms with van der Waals surface area (Å²) in [5.74, 6) is -0.472. The Balaban J connectivity index is 2.11. The molecule has 0 fully saturated rings. The van der Waals surface area contributed by atoms with Crippen LogP contribution in [-0.2, 0) is 6.18 Å². The number of ether oxygens (including phenoxy) is 1. The predicted octanol–water partition coefficient (Wildman–Crippen LogP) is 4.58. The highest BCUT2D eigenvalue weighted by molar-refractivity contribution is 6.30. The van der Waals surface area contributed by atoms with Crippen LogP contribution >= 0.6 is 11.6 Å². The molecule has 0 aliphatic heterocycles. The van der Waals surface area contributed by atoms with E-state index in [0.717, 1.165) is 24.3 Å². The topological polar surface area (TPSA) is 26.3 Å². The molecule has 0 spiro atoms. The number of carbonyl (C=O) groups excluding carboxylic acids is 1. The van der Waals surface area contributed by atoms with Gasteiger partial charge in [-0.15, -0.1) is 0 Å². The summed E-state index contributed by atoms with van der Waals surface area (Å²) in [6, 6.07) is 9.86. The molecule has 0 amide bonds. The maximum Gasteiger partial charge on any atom is 0.416 e. The lowest BCUT2D eigenvalue weighted by molar-refractivity contribution is -0.137. The Labute approximate surface area is 117 Å². The number of rotatable bonds is 2. The lowest BCUT2D eigenvalue weighted by Gasteiger charge is -2.07. The maximum atomic E-state index is 12.4. The molecular formula is C14H8ClF3O2. The van der Waals surface area contributed by atoms with Crippen LogP contribution in [0.15, 0.2) is 48.5 Å². The van der Waals surface area contributed by atoms with Gasteiger partial charge in [0.05, 0.1) is 11.1 Å². The molecule has 0 aliphatic carbocycles. The van der Waals surface area contributed by atoms with E-state index in [1.54, 1.807) is 0 Å². The average Bonchev–Trinajstić information content (AvgIpc) is 2.40. The number of hydrogen-bond acceptors (Lipinski definition) is 2. The fourth-order valence-electron chi connectivity index (χ4n) is 1.46. The summed E-state index contributed by atoms with van der Waals surface area (Å²) >= 11 is 5.68. The number of hydrogen-bond donors (Lipinski definition) is 0. The Morgan fingerprint density at radius 2 is 1.50 bits per heavy atom. The lowest BCUT2D eigenvalue weighted by atomic mass is 10.1. The number of alkyl halides is 3. The first-order valence-electron chi connectivity index (χ1n) is 5.51. The molecule has 2 aromatic carbocycles. The van der Waals surface area contributed by atoms with Crippen molar-refractivity contribution in [2.45, 2.75) is 6.18 Å². The van der Waals surface area contributed by atoms with Crippen molar-refractivity contribution in [1.29, 1.82) is 0 Å². The first kappa shape index (κ1) is 14.4. The van der Waals surface area contributed by atoms with E-state index in [1.165, 1.54) is 24.3 Å². The van der Waals surface area contributed by atoms with Gasteiger partial charge < -0.3 is 4.74 Å². The molecule has 0 N–H and O–H groups in total. The van der Waals surface area contributed by atoms with Crippen molar-refractivity contribution in [3.8, 4) is 5.75 Å². The highest BCUT2D eigenvalue weighted by Gasteiger charge is 2.30. The minimum Gasteiger partial charge on any atom is -0.423 e. The van der Waals surface area contributed by atoms with Crippen LogP contribution in [0.3, 0.4) is 0 Å². The van der Waals surface area contributed by atoms with E-state index in [-0.39, 0.29) is 11.3 Å². The molecule has 0 saturated heterocycles. The van der Waals surface area contributed by atoms with Gasteiger partial charge in [-0.2, -0.15) is 13.2 Å². The maximum absolute atomic E-state index is 12.4. The molecule has 0 aliphatic rings. The number of benzene rings is 2. The monoisotopic (exact) mass is 300 g/mol. The van der Waals surface area contributed by atoms with Gasteiger partial charge in [0.15, 0.2) is 0 Å². The molecule has 2 aromatic rings. The van der Waals surface area contributed by atoms with E-state index in [0.29, 0.717) is 5.02 Å². The Kier molecular flexibility index (Phi) is 3.99. The van der Waals surface area contributed by atoms with Gasteiger partial charge in [-0.3, -0.25) is 0 Å². The summed E-state index contributed by atoms with van der Waals surface area (Å²) < 4.78 is 42.1. The van der Waals surface area contributed by atoms with E-state index in [9.17, 15) is 18.0 Å². The molecule has 0 saturated carbocycles. The van der Waals surface area contributed by atoms with Crippen molar-refractivity contribution in [3.63, 3.8) is 0 Å². The summed E-state index contributed by atoms with van der Waals surface area (Å²) in [4.78, 5) is 11.7. The molecule has 0 unspecified atom stereocenters. The first-order valence-corrected chi connectivity index (χ1v) is 5.89. The Morgan fingerprint density at radius 3 is 2.00 bits per heavy atom. The van der Waals surface area contributed by atoms with E-state index < -0.39 is 17.7 Å². The SMILES string of the molecule is O=C(Oc1ccc(Cl)cc1)c1ccc(C(F)(F)F)cc1. The molecule has 2 rings (SSSR count). The van der Waals surface area contributed by atoms with Crippen molar-refractivity contribution in [1.82, 2.24) is 0 Å². The molecule has 0 aromatic heterocycles. The van der Waals surface area contributed by atoms with Crippen LogP contribution in [0.4, 0.5) is 13.2 Å². The summed E-state index contributed by atoms with van der Waals surface area (Å²) in [5, 5.41) is 0.485. The van der Waals surface area contributed by atoms with Gasteiger partial charge in [-0.25, -0.2) is 4.79 Å². The van der Waals surface area contributed by atoms with Gasteiger partial charge >= 0.3 is 12.1 Å². The third kappa shape index (κ3) is 3.51. The van der Waals surface area contributed by atoms with E-state index in [4.69, 9.17) is 16.3 Å². The molecular weight excluding hydrogens is 293 g/mol. The second kappa shape index (κ2) is 5.54. The zero-order chi connectivity index (χ0) is 14.8. The average molecular weight is 301 g/mol. The minimum absolute atomic E-state index is 0.0351. The highest BCUT2D eigenvalue weighted by Crippen LogP contribution is 2.29. The second-order valence-corrected chi connectivity index (χ2v) is 4.35. The van der Waals surface area contributed by atoms with Gasteiger partial charge in [0, 0.05) is 5.02 Å². The standard InChI is InChI=1S/C14H8ClF3O2/c15-11-5-7-12(8-6-11)20-13(19)9-1-3-10(4-2-9)14(16,17)18/h1-8H. The van der Waals surface area contributed by atoms with Crippen molar-refractivity contribution >= 4 is 17.6 Å². The number of esters is 1. The molecule has 20 heavy (non-hydrogen) atoms. The van der Waals surface area contributed by atoms with Crippen LogP contribution in [0.2, 0.25) is 5.02 Å². The van der Waals surface area contributed by atoms with Crippen molar-refractivity contribution in [3.05, 3.63) is 64.7 Å². The highest BCUT2D eigenvalue weighted by atomic mass is 35.5. The number of carbonyl (C=O) groups is 1. The van der Waals surface area contributed by atoms with Crippen LogP contribution in [-0.4, -0.2) is 5.97 Å². The van der Waals surface area contributed by atoms with Gasteiger partial charge in [-0.05, 0) is 48.5 Å². The van der Waals surface area contributed by atoms with Crippen molar-refractivity contribution in [2.24, 2.45) is 0 Å². The summed E-state index contributed by atoms with van der Waals surface area (Å²) in [7, 11) is 0. The largest absolute Gasteiger partial charge is 0.423 e. The first-order chi connectivity index (χ1) is 9.36. The summed E-state index contributed by atoms with van der Waals surface area (Å²) in [6.07, 6.45) is -4.43. The van der Waals surface area contributed by atoms with Crippen LogP contribution < -0.4 is 4.74 Å². The summed E-state index contributed by atoms with van der Waals surface area (Å²) in [6.45, 7) is 0. The molecule has 6 heteroatoms. The van der Waals surface area contributed by atoms with E-state index in [1.807, 2.05) is 0 Å². The van der Waals surface area contributed by atoms with Crippen LogP contribution in [0.1, 0.15) is 15.9 Å². The summed E-state index contributed by atoms with van der Waals surface area (Å²) in [5.41, 5.74) is -0.784. The van der Waals surface area contributed by atoms with Crippen LogP contribution in [0.25, 0.3) is 0 Å². The molecule has 104 valence electrons. The molecule has 2 nitrogen and oxygen atoms in total. The molecule has 0 heterocycles. The normalized spacial score (nSPS) is 11.2. The zero-order valence-electron chi connectivity index (χ0n) is 9.95. The van der Waals surface area contributed by atoms with E-state index >= 15 is 0 Å². The van der Waals surface area contributed by atoms with E-state index in [2.05, 4.69) is 0 Å². The number of halogens is 4. The molecule has 0 atom stereocenters. The molecule has 0 bridgehead atoms.